The van der Waals surface area contributed by atoms with E-state index >= 15 is 0 Å². The molecule has 0 amide bonds. The molecule has 4 rings (SSSR count). The van der Waals surface area contributed by atoms with Crippen molar-refractivity contribution in [3.63, 3.8) is 0 Å². The molecular formula is C21H23N3O6S. The van der Waals surface area contributed by atoms with Crippen LogP contribution >= 0.6 is 0 Å². The molecule has 1 aromatic heterocycles. The summed E-state index contributed by atoms with van der Waals surface area (Å²) < 4.78 is 49.4. The van der Waals surface area contributed by atoms with Gasteiger partial charge in [0.05, 0.1) is 32.3 Å². The van der Waals surface area contributed by atoms with Crippen LogP contribution in [-0.4, -0.2) is 63.4 Å². The fourth-order valence-corrected chi connectivity index (χ4v) is 5.02. The van der Waals surface area contributed by atoms with Crippen LogP contribution in [0.4, 0.5) is 0 Å². The van der Waals surface area contributed by atoms with E-state index in [1.54, 1.807) is 57.5 Å². The highest BCUT2D eigenvalue weighted by atomic mass is 32.2. The number of aryl methyl sites for hydroxylation is 1. The van der Waals surface area contributed by atoms with Crippen LogP contribution in [-0.2, 0) is 14.8 Å². The number of sulfonamides is 1. The summed E-state index contributed by atoms with van der Waals surface area (Å²) in [6, 6.07) is 10.3. The van der Waals surface area contributed by atoms with Crippen LogP contribution in [0, 0.1) is 6.92 Å². The highest BCUT2D eigenvalue weighted by Gasteiger charge is 2.28. The molecule has 10 heteroatoms. The van der Waals surface area contributed by atoms with Crippen LogP contribution in [0.25, 0.3) is 22.9 Å². The van der Waals surface area contributed by atoms with E-state index in [2.05, 4.69) is 10.2 Å². The topological polar surface area (TPSA) is 104 Å². The molecular weight excluding hydrogens is 422 g/mol. The second-order valence-electron chi connectivity index (χ2n) is 6.98. The molecule has 0 aliphatic carbocycles. The molecule has 0 spiro atoms. The van der Waals surface area contributed by atoms with Gasteiger partial charge >= 0.3 is 0 Å². The summed E-state index contributed by atoms with van der Waals surface area (Å²) in [4.78, 5) is 0.220. The average Bonchev–Trinajstić information content (AvgIpc) is 3.29. The van der Waals surface area contributed by atoms with Crippen LogP contribution in [0.1, 0.15) is 5.56 Å². The Hall–Kier alpha value is -2.95. The van der Waals surface area contributed by atoms with Gasteiger partial charge in [-0.05, 0) is 42.8 Å². The highest BCUT2D eigenvalue weighted by Crippen LogP contribution is 2.33. The Morgan fingerprint density at radius 1 is 0.903 bits per heavy atom. The zero-order valence-corrected chi connectivity index (χ0v) is 18.3. The van der Waals surface area contributed by atoms with Gasteiger partial charge in [-0.3, -0.25) is 0 Å². The number of rotatable bonds is 6. The average molecular weight is 445 g/mol. The molecule has 0 unspecified atom stereocenters. The van der Waals surface area contributed by atoms with Crippen molar-refractivity contribution in [2.45, 2.75) is 11.8 Å². The fourth-order valence-electron chi connectivity index (χ4n) is 3.36. The molecule has 2 aromatic carbocycles. The molecule has 3 aromatic rings. The molecule has 2 heterocycles. The first-order valence-electron chi connectivity index (χ1n) is 9.69. The number of hydrogen-bond donors (Lipinski definition) is 0. The van der Waals surface area contributed by atoms with Crippen LogP contribution < -0.4 is 9.47 Å². The van der Waals surface area contributed by atoms with Gasteiger partial charge in [0, 0.05) is 24.2 Å². The lowest BCUT2D eigenvalue weighted by molar-refractivity contribution is 0.0730. The van der Waals surface area contributed by atoms with Gasteiger partial charge in [0.15, 0.2) is 11.5 Å². The molecule has 1 aliphatic rings. The van der Waals surface area contributed by atoms with E-state index in [4.69, 9.17) is 18.6 Å². The van der Waals surface area contributed by atoms with Gasteiger partial charge in [0.25, 0.3) is 0 Å². The van der Waals surface area contributed by atoms with Gasteiger partial charge < -0.3 is 18.6 Å². The lowest BCUT2D eigenvalue weighted by atomic mass is 10.1. The number of hydrogen-bond acceptors (Lipinski definition) is 8. The Morgan fingerprint density at radius 3 is 2.16 bits per heavy atom. The summed E-state index contributed by atoms with van der Waals surface area (Å²) in [6.45, 7) is 3.19. The van der Waals surface area contributed by atoms with Crippen LogP contribution in [0.5, 0.6) is 11.5 Å². The van der Waals surface area contributed by atoms with Crippen LogP contribution in [0.3, 0.4) is 0 Å². The van der Waals surface area contributed by atoms with Gasteiger partial charge in [-0.25, -0.2) is 8.42 Å². The van der Waals surface area contributed by atoms with Gasteiger partial charge in [-0.2, -0.15) is 4.31 Å². The molecule has 1 aliphatic heterocycles. The summed E-state index contributed by atoms with van der Waals surface area (Å²) in [6.07, 6.45) is 0. The summed E-state index contributed by atoms with van der Waals surface area (Å²) in [5.74, 6) is 1.63. The zero-order valence-electron chi connectivity index (χ0n) is 17.5. The smallest absolute Gasteiger partial charge is 0.248 e. The Balaban J connectivity index is 1.68. The van der Waals surface area contributed by atoms with Crippen molar-refractivity contribution >= 4 is 10.0 Å². The van der Waals surface area contributed by atoms with Crippen LogP contribution in [0.15, 0.2) is 45.7 Å². The molecule has 0 radical (unpaired) electrons. The van der Waals surface area contributed by atoms with E-state index in [-0.39, 0.29) is 16.7 Å². The van der Waals surface area contributed by atoms with Crippen molar-refractivity contribution in [1.29, 1.82) is 0 Å². The van der Waals surface area contributed by atoms with E-state index in [9.17, 15) is 8.42 Å². The molecule has 1 saturated heterocycles. The Kier molecular flexibility index (Phi) is 5.94. The van der Waals surface area contributed by atoms with Gasteiger partial charge in [-0.1, -0.05) is 6.07 Å². The predicted molar refractivity (Wildman–Crippen MR) is 113 cm³/mol. The fraction of sp³-hybridized carbons (Fsp3) is 0.333. The minimum atomic E-state index is -3.65. The van der Waals surface area contributed by atoms with Crippen molar-refractivity contribution in [3.8, 4) is 34.4 Å². The van der Waals surface area contributed by atoms with E-state index in [1.807, 2.05) is 0 Å². The number of aromatic nitrogens is 2. The first kappa shape index (κ1) is 21.3. The first-order valence-corrected chi connectivity index (χ1v) is 11.1. The maximum atomic E-state index is 13.1. The molecule has 31 heavy (non-hydrogen) atoms. The van der Waals surface area contributed by atoms with Gasteiger partial charge in [-0.15, -0.1) is 10.2 Å². The van der Waals surface area contributed by atoms with E-state index < -0.39 is 10.0 Å². The standard InChI is InChI=1S/C21H23N3O6S/c1-14-4-5-16(13-19(14)31(25,26)24-8-10-29-11-9-24)21-23-22-20(30-21)15-6-7-17(27-2)18(12-15)28-3/h4-7,12-13H,8-11H2,1-3H3. The number of methoxy groups -OCH3 is 2. The van der Waals surface area contributed by atoms with E-state index in [1.165, 1.54) is 4.31 Å². The number of nitrogens with zero attached hydrogens (tertiary/aromatic N) is 3. The summed E-state index contributed by atoms with van der Waals surface area (Å²) in [5.41, 5.74) is 1.83. The second-order valence-corrected chi connectivity index (χ2v) is 8.89. The number of benzene rings is 2. The van der Waals surface area contributed by atoms with E-state index in [0.29, 0.717) is 54.5 Å². The Bertz CT molecular complexity index is 1190. The molecule has 0 saturated carbocycles. The van der Waals surface area contributed by atoms with Crippen molar-refractivity contribution < 1.29 is 27.0 Å². The quantitative estimate of drug-likeness (QED) is 0.571. The monoisotopic (exact) mass is 445 g/mol. The zero-order chi connectivity index (χ0) is 22.0. The summed E-state index contributed by atoms with van der Waals surface area (Å²) >= 11 is 0. The number of morpholine rings is 1. The third-order valence-electron chi connectivity index (χ3n) is 5.08. The lowest BCUT2D eigenvalue weighted by Gasteiger charge is -2.26. The van der Waals surface area contributed by atoms with Crippen molar-refractivity contribution in [1.82, 2.24) is 14.5 Å². The summed E-state index contributed by atoms with van der Waals surface area (Å²) in [5, 5.41) is 8.22. The minimum Gasteiger partial charge on any atom is -0.493 e. The van der Waals surface area contributed by atoms with Crippen molar-refractivity contribution in [3.05, 3.63) is 42.0 Å². The van der Waals surface area contributed by atoms with Gasteiger partial charge in [0.1, 0.15) is 0 Å². The molecule has 164 valence electrons. The maximum Gasteiger partial charge on any atom is 0.248 e. The molecule has 1 fully saturated rings. The molecule has 9 nitrogen and oxygen atoms in total. The van der Waals surface area contributed by atoms with Gasteiger partial charge in [0.2, 0.25) is 21.8 Å². The Morgan fingerprint density at radius 2 is 1.52 bits per heavy atom. The largest absolute Gasteiger partial charge is 0.493 e. The predicted octanol–water partition coefficient (Wildman–Crippen LogP) is 2.75. The first-order chi connectivity index (χ1) is 14.9. The second kappa shape index (κ2) is 8.66. The third-order valence-corrected chi connectivity index (χ3v) is 7.12. The van der Waals surface area contributed by atoms with Crippen molar-refractivity contribution in [2.24, 2.45) is 0 Å². The Labute approximate surface area is 180 Å². The summed E-state index contributed by atoms with van der Waals surface area (Å²) in [7, 11) is -0.549. The van der Waals surface area contributed by atoms with Crippen molar-refractivity contribution in [2.75, 3.05) is 40.5 Å². The highest BCUT2D eigenvalue weighted by molar-refractivity contribution is 7.89. The van der Waals surface area contributed by atoms with E-state index in [0.717, 1.165) is 0 Å². The number of ether oxygens (including phenoxy) is 3. The SMILES string of the molecule is COc1ccc(-c2nnc(-c3ccc(C)c(S(=O)(=O)N4CCOCC4)c3)o2)cc1OC. The lowest BCUT2D eigenvalue weighted by Crippen LogP contribution is -2.40. The van der Waals surface area contributed by atoms with Crippen LogP contribution in [0.2, 0.25) is 0 Å². The maximum absolute atomic E-state index is 13.1. The molecule has 0 N–H and O–H groups in total. The molecule has 0 bridgehead atoms. The third kappa shape index (κ3) is 4.14. The molecule has 0 atom stereocenters. The minimum absolute atomic E-state index is 0.220. The normalized spacial score (nSPS) is 15.1.